The third-order valence-corrected chi connectivity index (χ3v) is 9.12. The first kappa shape index (κ1) is 26.1. The van der Waals surface area contributed by atoms with Crippen molar-refractivity contribution in [3.63, 3.8) is 0 Å². The van der Waals surface area contributed by atoms with Gasteiger partial charge < -0.3 is 14.3 Å². The number of piperidine rings is 1. The highest BCUT2D eigenvalue weighted by atomic mass is 32.2. The molecule has 0 N–H and O–H groups in total. The van der Waals surface area contributed by atoms with Crippen molar-refractivity contribution in [2.45, 2.75) is 31.6 Å². The number of aromatic nitrogens is 3. The smallest absolute Gasteiger partial charge is 0.248 e. The van der Waals surface area contributed by atoms with Crippen molar-refractivity contribution in [1.82, 2.24) is 24.3 Å². The quantitative estimate of drug-likeness (QED) is 0.473. The number of amides is 1. The Morgan fingerprint density at radius 3 is 2.42 bits per heavy atom. The van der Waals surface area contributed by atoms with Crippen LogP contribution in [0.25, 0.3) is 12.2 Å². The van der Waals surface area contributed by atoms with Crippen LogP contribution in [-0.4, -0.2) is 77.9 Å². The molecule has 2 fully saturated rings. The molecule has 2 saturated heterocycles. The van der Waals surface area contributed by atoms with Crippen LogP contribution in [0.5, 0.6) is 0 Å². The van der Waals surface area contributed by atoms with E-state index in [1.165, 1.54) is 4.31 Å². The van der Waals surface area contributed by atoms with Gasteiger partial charge >= 0.3 is 0 Å². The molecule has 10 nitrogen and oxygen atoms in total. The number of rotatable bonds is 6. The summed E-state index contributed by atoms with van der Waals surface area (Å²) >= 11 is 0. The van der Waals surface area contributed by atoms with Crippen LogP contribution < -0.4 is 4.90 Å². The number of aryl methyl sites for hydroxylation is 2. The number of nitrogens with zero attached hydrogens (tertiary/aromatic N) is 6. The average Bonchev–Trinajstić information content (AvgIpc) is 3.34. The molecular weight excluding hydrogens is 504 g/mol. The first-order valence-electron chi connectivity index (χ1n) is 12.8. The summed E-state index contributed by atoms with van der Waals surface area (Å²) in [6.07, 6.45) is 8.14. The van der Waals surface area contributed by atoms with Crippen LogP contribution in [0.4, 0.5) is 5.95 Å². The van der Waals surface area contributed by atoms with Crippen LogP contribution in [0.15, 0.2) is 52.1 Å². The molecule has 5 rings (SSSR count). The number of anilines is 1. The largest absolute Gasteiger partial charge is 0.355 e. The number of carbonyl (C=O) groups is 1. The zero-order chi connectivity index (χ0) is 26.7. The normalized spacial score (nSPS) is 19.3. The Bertz CT molecular complexity index is 1400. The van der Waals surface area contributed by atoms with E-state index in [-0.39, 0.29) is 29.0 Å². The molecule has 1 amide bonds. The number of benzene rings is 1. The Balaban J connectivity index is 1.27. The van der Waals surface area contributed by atoms with E-state index >= 15 is 0 Å². The zero-order valence-electron chi connectivity index (χ0n) is 21.7. The summed E-state index contributed by atoms with van der Waals surface area (Å²) < 4.78 is 34.3. The first-order chi connectivity index (χ1) is 18.3. The van der Waals surface area contributed by atoms with Gasteiger partial charge in [-0.1, -0.05) is 41.1 Å². The number of hydrogen-bond acceptors (Lipinski definition) is 8. The Morgan fingerprint density at radius 1 is 1.00 bits per heavy atom. The lowest BCUT2D eigenvalue weighted by Gasteiger charge is -2.38. The lowest BCUT2D eigenvalue weighted by atomic mass is 9.98. The van der Waals surface area contributed by atoms with E-state index in [2.05, 4.69) is 20.0 Å². The second-order valence-electron chi connectivity index (χ2n) is 9.77. The van der Waals surface area contributed by atoms with Crippen LogP contribution in [0, 0.1) is 19.8 Å². The van der Waals surface area contributed by atoms with E-state index in [1.54, 1.807) is 37.5 Å². The van der Waals surface area contributed by atoms with Gasteiger partial charge in [0.1, 0.15) is 5.69 Å². The third-order valence-electron chi connectivity index (χ3n) is 7.10. The summed E-state index contributed by atoms with van der Waals surface area (Å²) in [5.74, 6) is 0.464. The van der Waals surface area contributed by atoms with Gasteiger partial charge in [0.05, 0.1) is 5.92 Å². The van der Waals surface area contributed by atoms with Gasteiger partial charge in [-0.15, -0.1) is 0 Å². The van der Waals surface area contributed by atoms with Gasteiger partial charge in [0.25, 0.3) is 0 Å². The highest BCUT2D eigenvalue weighted by Gasteiger charge is 2.38. The van der Waals surface area contributed by atoms with Gasteiger partial charge in [-0.05, 0) is 44.4 Å². The monoisotopic (exact) mass is 536 g/mol. The van der Waals surface area contributed by atoms with Gasteiger partial charge in [0.2, 0.25) is 21.9 Å². The standard InChI is InChI=1S/C27H32N6O4S/c1-20-6-8-22(9-7-20)10-11-24-25(21(2)30-37-24)38(35,36)33-14-3-5-23(19-33)26(34)31-15-17-32(18-16-31)27-28-12-4-13-29-27/h4,6-13,23H,3,5,14-19H2,1-2H3/b11-10+. The number of hydrogen-bond donors (Lipinski definition) is 0. The molecule has 0 spiro atoms. The molecule has 0 bridgehead atoms. The predicted octanol–water partition coefficient (Wildman–Crippen LogP) is 3.00. The van der Waals surface area contributed by atoms with Crippen molar-refractivity contribution in [1.29, 1.82) is 0 Å². The van der Waals surface area contributed by atoms with E-state index < -0.39 is 10.0 Å². The van der Waals surface area contributed by atoms with Gasteiger partial charge in [-0.3, -0.25) is 4.79 Å². The summed E-state index contributed by atoms with van der Waals surface area (Å²) in [7, 11) is -3.90. The maximum Gasteiger partial charge on any atom is 0.248 e. The van der Waals surface area contributed by atoms with Gasteiger partial charge in [-0.2, -0.15) is 4.31 Å². The molecule has 0 aliphatic carbocycles. The first-order valence-corrected chi connectivity index (χ1v) is 14.3. The molecule has 1 unspecified atom stereocenters. The Hall–Kier alpha value is -3.57. The molecule has 0 radical (unpaired) electrons. The van der Waals surface area contributed by atoms with Crippen LogP contribution >= 0.6 is 0 Å². The molecule has 2 aliphatic rings. The molecule has 2 aliphatic heterocycles. The third kappa shape index (κ3) is 5.48. The van der Waals surface area contributed by atoms with Crippen molar-refractivity contribution < 1.29 is 17.7 Å². The van der Waals surface area contributed by atoms with E-state index in [4.69, 9.17) is 4.52 Å². The lowest BCUT2D eigenvalue weighted by Crippen LogP contribution is -2.53. The minimum Gasteiger partial charge on any atom is -0.355 e. The van der Waals surface area contributed by atoms with Crippen LogP contribution in [0.1, 0.15) is 35.4 Å². The molecule has 11 heteroatoms. The average molecular weight is 537 g/mol. The highest BCUT2D eigenvalue weighted by Crippen LogP contribution is 2.30. The van der Waals surface area contributed by atoms with E-state index in [9.17, 15) is 13.2 Å². The molecule has 0 saturated carbocycles. The van der Waals surface area contributed by atoms with Gasteiger partial charge in [0, 0.05) is 51.7 Å². The second-order valence-corrected chi connectivity index (χ2v) is 11.6. The van der Waals surface area contributed by atoms with E-state index in [0.717, 1.165) is 11.1 Å². The summed E-state index contributed by atoms with van der Waals surface area (Å²) in [6.45, 7) is 6.53. The molecule has 38 heavy (non-hydrogen) atoms. The molecule has 2 aromatic heterocycles. The van der Waals surface area contributed by atoms with Crippen molar-refractivity contribution in [3.8, 4) is 0 Å². The van der Waals surface area contributed by atoms with Crippen molar-refractivity contribution >= 4 is 34.0 Å². The molecule has 4 heterocycles. The maximum atomic E-state index is 13.7. The molecule has 1 atom stereocenters. The van der Waals surface area contributed by atoms with Crippen molar-refractivity contribution in [2.24, 2.45) is 5.92 Å². The van der Waals surface area contributed by atoms with Crippen molar-refractivity contribution in [3.05, 3.63) is 65.3 Å². The SMILES string of the molecule is Cc1ccc(/C=C/c2onc(C)c2S(=O)(=O)N2CCCC(C(=O)N3CCN(c4ncccn4)CC3)C2)cc1. The molecule has 200 valence electrons. The van der Waals surface area contributed by atoms with Crippen LogP contribution in [0.3, 0.4) is 0 Å². The maximum absolute atomic E-state index is 13.7. The van der Waals surface area contributed by atoms with Crippen LogP contribution in [-0.2, 0) is 14.8 Å². The fraction of sp³-hybridized carbons (Fsp3) is 0.407. The molecule has 1 aromatic carbocycles. The lowest BCUT2D eigenvalue weighted by molar-refractivity contribution is -0.137. The molecular formula is C27H32N6O4S. The summed E-state index contributed by atoms with van der Waals surface area (Å²) in [5, 5.41) is 3.94. The second kappa shape index (κ2) is 11.0. The Labute approximate surface area is 223 Å². The Morgan fingerprint density at radius 2 is 1.71 bits per heavy atom. The summed E-state index contributed by atoms with van der Waals surface area (Å²) in [4.78, 5) is 25.9. The van der Waals surface area contributed by atoms with Gasteiger partial charge in [-0.25, -0.2) is 18.4 Å². The summed E-state index contributed by atoms with van der Waals surface area (Å²) in [6, 6.07) is 9.66. The topological polar surface area (TPSA) is 113 Å². The summed E-state index contributed by atoms with van der Waals surface area (Å²) in [5.41, 5.74) is 2.37. The Kier molecular flexibility index (Phi) is 7.57. The number of sulfonamides is 1. The van der Waals surface area contributed by atoms with Gasteiger partial charge in [0.15, 0.2) is 10.7 Å². The van der Waals surface area contributed by atoms with Crippen LogP contribution in [0.2, 0.25) is 0 Å². The van der Waals surface area contributed by atoms with Crippen molar-refractivity contribution in [2.75, 3.05) is 44.2 Å². The highest BCUT2D eigenvalue weighted by molar-refractivity contribution is 7.89. The zero-order valence-corrected chi connectivity index (χ0v) is 22.5. The van der Waals surface area contributed by atoms with E-state index in [0.29, 0.717) is 57.2 Å². The minimum absolute atomic E-state index is 0.0000564. The number of piperazine rings is 1. The predicted molar refractivity (Wildman–Crippen MR) is 144 cm³/mol. The number of carbonyl (C=O) groups excluding carboxylic acids is 1. The minimum atomic E-state index is -3.90. The fourth-order valence-corrected chi connectivity index (χ4v) is 6.75. The van der Waals surface area contributed by atoms with E-state index in [1.807, 2.05) is 36.1 Å². The molecule has 3 aromatic rings. The fourth-order valence-electron chi connectivity index (χ4n) is 4.98.